The van der Waals surface area contributed by atoms with Crippen molar-refractivity contribution in [2.75, 3.05) is 20.1 Å². The summed E-state index contributed by atoms with van der Waals surface area (Å²) in [5, 5.41) is 5.71. The molecule has 0 unspecified atom stereocenters. The minimum atomic E-state index is 0.0356. The van der Waals surface area contributed by atoms with E-state index in [1.165, 1.54) is 16.7 Å². The first kappa shape index (κ1) is 14.3. The van der Waals surface area contributed by atoms with Crippen LogP contribution in [0.1, 0.15) is 5.56 Å². The molecule has 2 rings (SSSR count). The molecule has 0 bridgehead atoms. The third-order valence-electron chi connectivity index (χ3n) is 3.13. The van der Waals surface area contributed by atoms with Gasteiger partial charge in [0.15, 0.2) is 0 Å². The van der Waals surface area contributed by atoms with E-state index < -0.39 is 0 Å². The monoisotopic (exact) mass is 268 g/mol. The van der Waals surface area contributed by atoms with E-state index in [1.807, 2.05) is 18.2 Å². The molecule has 2 N–H and O–H groups in total. The highest BCUT2D eigenvalue weighted by molar-refractivity contribution is 5.77. The summed E-state index contributed by atoms with van der Waals surface area (Å²) in [6.45, 7) is 1.04. The lowest BCUT2D eigenvalue weighted by atomic mass is 10.0. The van der Waals surface area contributed by atoms with Crippen LogP contribution in [0.5, 0.6) is 0 Å². The van der Waals surface area contributed by atoms with E-state index in [0.29, 0.717) is 13.1 Å². The van der Waals surface area contributed by atoms with Crippen LogP contribution >= 0.6 is 0 Å². The molecule has 0 aliphatic heterocycles. The predicted molar refractivity (Wildman–Crippen MR) is 82.5 cm³/mol. The topological polar surface area (TPSA) is 41.1 Å². The molecule has 0 aliphatic rings. The second-order valence-electron chi connectivity index (χ2n) is 4.69. The van der Waals surface area contributed by atoms with Gasteiger partial charge in [0.1, 0.15) is 0 Å². The summed E-state index contributed by atoms with van der Waals surface area (Å²) in [5.74, 6) is 0.0356. The summed E-state index contributed by atoms with van der Waals surface area (Å²) in [5.41, 5.74) is 3.67. The Labute approximate surface area is 120 Å². The van der Waals surface area contributed by atoms with Crippen molar-refractivity contribution >= 4 is 5.91 Å². The number of carbonyl (C=O) groups is 1. The van der Waals surface area contributed by atoms with Crippen molar-refractivity contribution < 1.29 is 4.79 Å². The van der Waals surface area contributed by atoms with Crippen molar-refractivity contribution in [1.29, 1.82) is 0 Å². The molecule has 2 aromatic carbocycles. The second-order valence-corrected chi connectivity index (χ2v) is 4.69. The van der Waals surface area contributed by atoms with Crippen LogP contribution in [0.2, 0.25) is 0 Å². The predicted octanol–water partition coefficient (Wildman–Crippen LogP) is 2.23. The van der Waals surface area contributed by atoms with E-state index in [9.17, 15) is 4.79 Å². The van der Waals surface area contributed by atoms with Gasteiger partial charge in [-0.25, -0.2) is 0 Å². The average Bonchev–Trinajstić information content (AvgIpc) is 2.49. The molecule has 0 fully saturated rings. The Hall–Kier alpha value is -2.13. The Morgan fingerprint density at radius 1 is 0.950 bits per heavy atom. The minimum Gasteiger partial charge on any atom is -0.355 e. The molecule has 0 aromatic heterocycles. The van der Waals surface area contributed by atoms with Crippen LogP contribution in [-0.4, -0.2) is 26.0 Å². The molecule has 20 heavy (non-hydrogen) atoms. The summed E-state index contributed by atoms with van der Waals surface area (Å²) in [6, 6.07) is 18.8. The molecule has 0 heterocycles. The molecule has 0 radical (unpaired) electrons. The number of benzene rings is 2. The van der Waals surface area contributed by atoms with Crippen LogP contribution in [-0.2, 0) is 11.2 Å². The largest absolute Gasteiger partial charge is 0.355 e. The van der Waals surface area contributed by atoms with Gasteiger partial charge in [0, 0.05) is 6.54 Å². The SMILES string of the molecule is CNCC(=O)NCCc1ccc(-c2ccccc2)cc1. The van der Waals surface area contributed by atoms with Crippen LogP contribution in [0.4, 0.5) is 0 Å². The smallest absolute Gasteiger partial charge is 0.233 e. The molecular formula is C17H20N2O. The Bertz CT molecular complexity index is 535. The van der Waals surface area contributed by atoms with Gasteiger partial charge in [-0.3, -0.25) is 4.79 Å². The van der Waals surface area contributed by atoms with Crippen LogP contribution in [0.25, 0.3) is 11.1 Å². The maximum atomic E-state index is 11.3. The van der Waals surface area contributed by atoms with Gasteiger partial charge >= 0.3 is 0 Å². The van der Waals surface area contributed by atoms with E-state index in [2.05, 4.69) is 47.0 Å². The van der Waals surface area contributed by atoms with Crippen LogP contribution < -0.4 is 10.6 Å². The molecule has 3 heteroatoms. The normalized spacial score (nSPS) is 10.2. The number of likely N-dealkylation sites (N-methyl/N-ethyl adjacent to an activating group) is 1. The Kier molecular flexibility index (Phi) is 5.33. The fourth-order valence-electron chi connectivity index (χ4n) is 2.06. The molecule has 2 aromatic rings. The molecule has 104 valence electrons. The minimum absolute atomic E-state index is 0.0356. The maximum Gasteiger partial charge on any atom is 0.233 e. The van der Waals surface area contributed by atoms with Crippen molar-refractivity contribution in [2.24, 2.45) is 0 Å². The zero-order chi connectivity index (χ0) is 14.2. The van der Waals surface area contributed by atoms with Gasteiger partial charge in [-0.05, 0) is 30.2 Å². The average molecular weight is 268 g/mol. The van der Waals surface area contributed by atoms with Crippen LogP contribution in [0.15, 0.2) is 54.6 Å². The van der Waals surface area contributed by atoms with E-state index in [4.69, 9.17) is 0 Å². The van der Waals surface area contributed by atoms with Gasteiger partial charge in [0.05, 0.1) is 6.54 Å². The Morgan fingerprint density at radius 3 is 2.25 bits per heavy atom. The first-order valence-electron chi connectivity index (χ1n) is 6.85. The quantitative estimate of drug-likeness (QED) is 0.843. The molecule has 0 saturated carbocycles. The fourth-order valence-corrected chi connectivity index (χ4v) is 2.06. The third-order valence-corrected chi connectivity index (χ3v) is 3.13. The van der Waals surface area contributed by atoms with Gasteiger partial charge in [0.25, 0.3) is 0 Å². The lowest BCUT2D eigenvalue weighted by Gasteiger charge is -2.06. The Morgan fingerprint density at radius 2 is 1.60 bits per heavy atom. The summed E-state index contributed by atoms with van der Waals surface area (Å²) >= 11 is 0. The summed E-state index contributed by atoms with van der Waals surface area (Å²) in [7, 11) is 1.77. The van der Waals surface area contributed by atoms with Crippen molar-refractivity contribution in [1.82, 2.24) is 10.6 Å². The highest BCUT2D eigenvalue weighted by atomic mass is 16.1. The first-order chi connectivity index (χ1) is 9.79. The second kappa shape index (κ2) is 7.46. The van der Waals surface area contributed by atoms with Gasteiger partial charge in [-0.15, -0.1) is 0 Å². The van der Waals surface area contributed by atoms with E-state index >= 15 is 0 Å². The molecule has 1 amide bonds. The highest BCUT2D eigenvalue weighted by Crippen LogP contribution is 2.19. The number of nitrogens with one attached hydrogen (secondary N) is 2. The van der Waals surface area contributed by atoms with Gasteiger partial charge in [-0.2, -0.15) is 0 Å². The highest BCUT2D eigenvalue weighted by Gasteiger charge is 2.00. The lowest BCUT2D eigenvalue weighted by molar-refractivity contribution is -0.120. The van der Waals surface area contributed by atoms with Crippen LogP contribution in [0.3, 0.4) is 0 Å². The van der Waals surface area contributed by atoms with Crippen LogP contribution in [0, 0.1) is 0 Å². The molecule has 0 aliphatic carbocycles. The standard InChI is InChI=1S/C17H20N2O/c1-18-13-17(20)19-12-11-14-7-9-16(10-8-14)15-5-3-2-4-6-15/h2-10,18H,11-13H2,1H3,(H,19,20). The number of hydrogen-bond acceptors (Lipinski definition) is 2. The number of amides is 1. The molecule has 0 spiro atoms. The molecule has 0 atom stereocenters. The molecular weight excluding hydrogens is 248 g/mol. The number of carbonyl (C=O) groups excluding carboxylic acids is 1. The first-order valence-corrected chi connectivity index (χ1v) is 6.85. The lowest BCUT2D eigenvalue weighted by Crippen LogP contribution is -2.33. The summed E-state index contributed by atoms with van der Waals surface area (Å²) < 4.78 is 0. The summed E-state index contributed by atoms with van der Waals surface area (Å²) in [4.78, 5) is 11.3. The van der Waals surface area contributed by atoms with Crippen molar-refractivity contribution in [3.63, 3.8) is 0 Å². The molecule has 0 saturated heterocycles. The molecule has 3 nitrogen and oxygen atoms in total. The van der Waals surface area contributed by atoms with E-state index in [1.54, 1.807) is 7.05 Å². The van der Waals surface area contributed by atoms with Gasteiger partial charge < -0.3 is 10.6 Å². The zero-order valence-corrected chi connectivity index (χ0v) is 11.7. The van der Waals surface area contributed by atoms with Gasteiger partial charge in [-0.1, -0.05) is 54.6 Å². The maximum absolute atomic E-state index is 11.3. The van der Waals surface area contributed by atoms with Crippen molar-refractivity contribution in [3.05, 3.63) is 60.2 Å². The fraction of sp³-hybridized carbons (Fsp3) is 0.235. The van der Waals surface area contributed by atoms with Crippen molar-refractivity contribution in [3.8, 4) is 11.1 Å². The van der Waals surface area contributed by atoms with E-state index in [-0.39, 0.29) is 5.91 Å². The zero-order valence-electron chi connectivity index (χ0n) is 11.7. The summed E-state index contributed by atoms with van der Waals surface area (Å²) in [6.07, 6.45) is 0.852. The van der Waals surface area contributed by atoms with Crippen molar-refractivity contribution in [2.45, 2.75) is 6.42 Å². The Balaban J connectivity index is 1.88. The van der Waals surface area contributed by atoms with Gasteiger partial charge in [0.2, 0.25) is 5.91 Å². The number of rotatable bonds is 6. The number of hydrogen-bond donors (Lipinski definition) is 2. The van der Waals surface area contributed by atoms with E-state index in [0.717, 1.165) is 6.42 Å². The third kappa shape index (κ3) is 4.21.